The van der Waals surface area contributed by atoms with E-state index >= 15 is 0 Å². The zero-order valence-electron chi connectivity index (χ0n) is 14.9. The van der Waals surface area contributed by atoms with Crippen LogP contribution in [0.15, 0.2) is 48.5 Å². The zero-order valence-corrected chi connectivity index (χ0v) is 14.9. The minimum absolute atomic E-state index is 0.0483. The monoisotopic (exact) mass is 393 g/mol. The number of hydrogen-bond acceptors (Lipinski definition) is 4. The molecule has 28 heavy (non-hydrogen) atoms. The number of carbonyl (C=O) groups excluding carboxylic acids is 1. The molecule has 148 valence electrons. The van der Waals surface area contributed by atoms with Crippen LogP contribution < -0.4 is 0 Å². The molecule has 0 atom stereocenters. The fourth-order valence-electron chi connectivity index (χ4n) is 3.47. The molecular formula is C20H18F3NO4. The number of alkyl halides is 2. The number of rotatable bonds is 5. The zero-order chi connectivity index (χ0) is 20.4. The molecule has 0 radical (unpaired) electrons. The number of nitrogens with zero attached hydrogens (tertiary/aromatic N) is 1. The Bertz CT molecular complexity index is 876. The molecule has 0 saturated heterocycles. The molecule has 1 saturated carbocycles. The molecule has 2 aromatic carbocycles. The molecular weight excluding hydrogens is 375 g/mol. The van der Waals surface area contributed by atoms with Gasteiger partial charge in [0.1, 0.15) is 6.61 Å². The summed E-state index contributed by atoms with van der Waals surface area (Å²) in [6.07, 6.45) is -1.56. The molecule has 1 aliphatic rings. The number of halogens is 3. The van der Waals surface area contributed by atoms with Crippen LogP contribution in [-0.2, 0) is 21.6 Å². The van der Waals surface area contributed by atoms with Crippen LogP contribution in [0.3, 0.4) is 0 Å². The molecule has 0 aliphatic heterocycles. The highest BCUT2D eigenvalue weighted by Crippen LogP contribution is 2.47. The van der Waals surface area contributed by atoms with Gasteiger partial charge in [-0.3, -0.25) is 14.9 Å². The van der Waals surface area contributed by atoms with Crippen LogP contribution in [0, 0.1) is 15.9 Å². The molecule has 0 unspecified atom stereocenters. The summed E-state index contributed by atoms with van der Waals surface area (Å²) in [5.41, 5.74) is -1.37. The van der Waals surface area contributed by atoms with E-state index in [1.54, 1.807) is 30.3 Å². The fourth-order valence-corrected chi connectivity index (χ4v) is 3.47. The van der Waals surface area contributed by atoms with Crippen LogP contribution in [0.2, 0.25) is 0 Å². The molecule has 0 spiro atoms. The van der Waals surface area contributed by atoms with Crippen LogP contribution in [0.4, 0.5) is 18.9 Å². The maximum absolute atomic E-state index is 14.2. The highest BCUT2D eigenvalue weighted by molar-refractivity contribution is 5.83. The second-order valence-corrected chi connectivity index (χ2v) is 6.92. The van der Waals surface area contributed by atoms with E-state index in [0.29, 0.717) is 0 Å². The average molecular weight is 393 g/mol. The predicted octanol–water partition coefficient (Wildman–Crippen LogP) is 4.92. The molecule has 0 N–H and O–H groups in total. The average Bonchev–Trinajstić information content (AvgIpc) is 2.67. The number of carbonyl (C=O) groups is 1. The Balaban J connectivity index is 1.91. The van der Waals surface area contributed by atoms with Gasteiger partial charge in [-0.05, 0) is 30.0 Å². The maximum Gasteiger partial charge on any atom is 0.316 e. The van der Waals surface area contributed by atoms with Crippen molar-refractivity contribution in [3.8, 4) is 0 Å². The summed E-state index contributed by atoms with van der Waals surface area (Å²) in [6, 6.07) is 11.9. The largest absolute Gasteiger partial charge is 0.460 e. The van der Waals surface area contributed by atoms with E-state index in [4.69, 9.17) is 4.74 Å². The van der Waals surface area contributed by atoms with Crippen molar-refractivity contribution in [2.24, 2.45) is 0 Å². The smallest absolute Gasteiger partial charge is 0.316 e. The van der Waals surface area contributed by atoms with E-state index in [-0.39, 0.29) is 25.0 Å². The summed E-state index contributed by atoms with van der Waals surface area (Å²) in [5, 5.41) is 10.8. The Kier molecular flexibility index (Phi) is 5.40. The van der Waals surface area contributed by atoms with E-state index in [1.165, 1.54) is 6.07 Å². The lowest BCUT2D eigenvalue weighted by Crippen LogP contribution is -2.43. The third-order valence-electron chi connectivity index (χ3n) is 5.14. The Morgan fingerprint density at radius 2 is 1.71 bits per heavy atom. The Morgan fingerprint density at radius 3 is 2.29 bits per heavy atom. The number of esters is 1. The lowest BCUT2D eigenvalue weighted by atomic mass is 9.68. The molecule has 8 heteroatoms. The first-order valence-electron chi connectivity index (χ1n) is 8.77. The van der Waals surface area contributed by atoms with Crippen LogP contribution in [-0.4, -0.2) is 16.8 Å². The second kappa shape index (κ2) is 7.61. The van der Waals surface area contributed by atoms with Gasteiger partial charge >= 0.3 is 11.7 Å². The van der Waals surface area contributed by atoms with Gasteiger partial charge < -0.3 is 4.74 Å². The Labute approximate surface area is 159 Å². The highest BCUT2D eigenvalue weighted by atomic mass is 19.3. The molecule has 1 fully saturated rings. The predicted molar refractivity (Wildman–Crippen MR) is 94.4 cm³/mol. The van der Waals surface area contributed by atoms with E-state index in [1.807, 2.05) is 0 Å². The Morgan fingerprint density at radius 1 is 1.07 bits per heavy atom. The van der Waals surface area contributed by atoms with Crippen molar-refractivity contribution in [2.75, 3.05) is 0 Å². The highest BCUT2D eigenvalue weighted by Gasteiger charge is 2.50. The number of nitro groups is 1. The summed E-state index contributed by atoms with van der Waals surface area (Å²) < 4.78 is 46.9. The van der Waals surface area contributed by atoms with Crippen LogP contribution in [0.25, 0.3) is 0 Å². The van der Waals surface area contributed by atoms with Crippen LogP contribution in [0.5, 0.6) is 0 Å². The normalized spacial score (nSPS) is 17.7. The number of benzene rings is 2. The SMILES string of the molecule is O=C(OCc1ccccc1)C1(c2ccc([N+](=O)[O-])c(F)c2)CCC(F)(F)CC1. The van der Waals surface area contributed by atoms with Crippen molar-refractivity contribution in [3.63, 3.8) is 0 Å². The van der Waals surface area contributed by atoms with Crippen molar-refractivity contribution in [1.82, 2.24) is 0 Å². The molecule has 0 aromatic heterocycles. The van der Waals surface area contributed by atoms with Crippen molar-refractivity contribution in [3.05, 3.63) is 75.6 Å². The van der Waals surface area contributed by atoms with Gasteiger partial charge in [0, 0.05) is 18.9 Å². The van der Waals surface area contributed by atoms with Gasteiger partial charge in [-0.15, -0.1) is 0 Å². The molecule has 0 bridgehead atoms. The summed E-state index contributed by atoms with van der Waals surface area (Å²) in [4.78, 5) is 22.9. The van der Waals surface area contributed by atoms with Gasteiger partial charge in [-0.25, -0.2) is 8.78 Å². The van der Waals surface area contributed by atoms with Gasteiger partial charge in [0.15, 0.2) is 0 Å². The lowest BCUT2D eigenvalue weighted by molar-refractivity contribution is -0.387. The first-order valence-corrected chi connectivity index (χ1v) is 8.77. The first kappa shape index (κ1) is 19.9. The minimum atomic E-state index is -2.91. The lowest BCUT2D eigenvalue weighted by Gasteiger charge is -2.38. The third kappa shape index (κ3) is 4.00. The quantitative estimate of drug-likeness (QED) is 0.411. The first-order chi connectivity index (χ1) is 13.2. The van der Waals surface area contributed by atoms with E-state index in [9.17, 15) is 28.1 Å². The minimum Gasteiger partial charge on any atom is -0.460 e. The topological polar surface area (TPSA) is 69.4 Å². The Hall–Kier alpha value is -2.90. The molecule has 3 rings (SSSR count). The number of hydrogen-bond donors (Lipinski definition) is 0. The summed E-state index contributed by atoms with van der Waals surface area (Å²) in [5.74, 6) is -4.77. The van der Waals surface area contributed by atoms with Gasteiger partial charge in [0.25, 0.3) is 0 Å². The van der Waals surface area contributed by atoms with Crippen LogP contribution >= 0.6 is 0 Å². The van der Waals surface area contributed by atoms with Crippen LogP contribution in [0.1, 0.15) is 36.8 Å². The van der Waals surface area contributed by atoms with Gasteiger partial charge in [-0.2, -0.15) is 4.39 Å². The third-order valence-corrected chi connectivity index (χ3v) is 5.14. The standard InChI is InChI=1S/C20H18F3NO4/c21-16-12-15(6-7-17(16)24(26)27)19(8-10-20(22,23)11-9-19)18(25)28-13-14-4-2-1-3-5-14/h1-7,12H,8-11,13H2. The molecule has 0 amide bonds. The van der Waals surface area contributed by atoms with Crippen molar-refractivity contribution < 1.29 is 27.6 Å². The summed E-state index contributed by atoms with van der Waals surface area (Å²) in [7, 11) is 0. The maximum atomic E-state index is 14.2. The molecule has 5 nitrogen and oxygen atoms in total. The summed E-state index contributed by atoms with van der Waals surface area (Å²) >= 11 is 0. The number of nitro benzene ring substituents is 1. The molecule has 1 aliphatic carbocycles. The van der Waals surface area contributed by atoms with Crippen molar-refractivity contribution in [2.45, 2.75) is 43.6 Å². The van der Waals surface area contributed by atoms with E-state index in [0.717, 1.165) is 17.7 Å². The molecule has 0 heterocycles. The van der Waals surface area contributed by atoms with Crippen molar-refractivity contribution >= 4 is 11.7 Å². The van der Waals surface area contributed by atoms with Gasteiger partial charge in [-0.1, -0.05) is 36.4 Å². The second-order valence-electron chi connectivity index (χ2n) is 6.92. The fraction of sp³-hybridized carbons (Fsp3) is 0.350. The van der Waals surface area contributed by atoms with Gasteiger partial charge in [0.05, 0.1) is 10.3 Å². The van der Waals surface area contributed by atoms with Gasteiger partial charge in [0.2, 0.25) is 11.7 Å². The number of ether oxygens (including phenoxy) is 1. The molecule has 2 aromatic rings. The van der Waals surface area contributed by atoms with E-state index in [2.05, 4.69) is 0 Å². The van der Waals surface area contributed by atoms with Crippen molar-refractivity contribution in [1.29, 1.82) is 0 Å². The summed E-state index contributed by atoms with van der Waals surface area (Å²) in [6.45, 7) is -0.0483. The van der Waals surface area contributed by atoms with E-state index < -0.39 is 46.6 Å².